The third-order valence-corrected chi connectivity index (χ3v) is 4.68. The summed E-state index contributed by atoms with van der Waals surface area (Å²) in [4.78, 5) is 8.95. The number of nitrogens with two attached hydrogens (primary N) is 1. The van der Waals surface area contributed by atoms with E-state index in [0.717, 1.165) is 28.1 Å². The van der Waals surface area contributed by atoms with Gasteiger partial charge in [0.1, 0.15) is 5.82 Å². The number of thioether (sulfide) groups is 1. The molecule has 1 aromatic heterocycles. The molecule has 2 rings (SSSR count). The Labute approximate surface area is 108 Å². The van der Waals surface area contributed by atoms with Crippen LogP contribution in [0.25, 0.3) is 0 Å². The largest absolute Gasteiger partial charge is 0.324 e. The minimum absolute atomic E-state index is 0.0199. The van der Waals surface area contributed by atoms with Crippen LogP contribution < -0.4 is 5.73 Å². The van der Waals surface area contributed by atoms with Crippen molar-refractivity contribution >= 4 is 11.8 Å². The third-order valence-electron chi connectivity index (χ3n) is 3.31. The first-order valence-electron chi connectivity index (χ1n) is 6.36. The predicted molar refractivity (Wildman–Crippen MR) is 72.9 cm³/mol. The van der Waals surface area contributed by atoms with Crippen molar-refractivity contribution in [2.75, 3.05) is 0 Å². The summed E-state index contributed by atoms with van der Waals surface area (Å²) in [5, 5.41) is 0.826. The molecule has 1 atom stereocenters. The highest BCUT2D eigenvalue weighted by Crippen LogP contribution is 2.31. The number of hydrogen-bond acceptors (Lipinski definition) is 4. The van der Waals surface area contributed by atoms with E-state index in [1.165, 1.54) is 25.7 Å². The second-order valence-electron chi connectivity index (χ2n) is 4.83. The second-order valence-corrected chi connectivity index (χ2v) is 6.12. The number of aryl methyl sites for hydroxylation is 1. The zero-order valence-electron chi connectivity index (χ0n) is 10.6. The van der Waals surface area contributed by atoms with Crippen LogP contribution >= 0.6 is 11.8 Å². The maximum atomic E-state index is 5.85. The summed E-state index contributed by atoms with van der Waals surface area (Å²) in [6.45, 7) is 3.99. The normalized spacial score (nSPS) is 18.5. The van der Waals surface area contributed by atoms with Gasteiger partial charge in [0.15, 0.2) is 0 Å². The summed E-state index contributed by atoms with van der Waals surface area (Å²) < 4.78 is 0. The molecule has 1 aliphatic carbocycles. The molecule has 0 unspecified atom stereocenters. The molecule has 1 aliphatic rings. The predicted octanol–water partition coefficient (Wildman–Crippen LogP) is 2.98. The fraction of sp³-hybridized carbons (Fsp3) is 0.692. The summed E-state index contributed by atoms with van der Waals surface area (Å²) >= 11 is 2.00. The van der Waals surface area contributed by atoms with Gasteiger partial charge in [0.2, 0.25) is 0 Å². The Kier molecular flexibility index (Phi) is 4.40. The fourth-order valence-electron chi connectivity index (χ4n) is 2.29. The van der Waals surface area contributed by atoms with Crippen LogP contribution in [0.2, 0.25) is 0 Å². The first kappa shape index (κ1) is 12.8. The van der Waals surface area contributed by atoms with Gasteiger partial charge < -0.3 is 5.73 Å². The minimum Gasteiger partial charge on any atom is -0.324 e. The van der Waals surface area contributed by atoms with E-state index in [0.29, 0.717) is 0 Å². The molecule has 0 bridgehead atoms. The molecule has 2 N–H and O–H groups in total. The highest BCUT2D eigenvalue weighted by atomic mass is 32.2. The van der Waals surface area contributed by atoms with Gasteiger partial charge in [0.25, 0.3) is 0 Å². The Morgan fingerprint density at radius 2 is 2.18 bits per heavy atom. The molecule has 94 valence electrons. The van der Waals surface area contributed by atoms with Gasteiger partial charge in [-0.2, -0.15) is 11.8 Å². The molecule has 0 spiro atoms. The molecular formula is C13H21N3S. The van der Waals surface area contributed by atoms with Gasteiger partial charge in [-0.3, -0.25) is 0 Å². The molecule has 17 heavy (non-hydrogen) atoms. The summed E-state index contributed by atoms with van der Waals surface area (Å²) in [5.74, 6) is 1.88. The molecule has 0 saturated heterocycles. The molecule has 1 aromatic rings. The van der Waals surface area contributed by atoms with Crippen molar-refractivity contribution in [1.29, 1.82) is 0 Å². The fourth-order valence-corrected chi connectivity index (χ4v) is 3.48. The van der Waals surface area contributed by atoms with Gasteiger partial charge in [0.05, 0.1) is 5.75 Å². The molecule has 4 heteroatoms. The third kappa shape index (κ3) is 3.42. The van der Waals surface area contributed by atoms with E-state index in [1.54, 1.807) is 0 Å². The Balaban J connectivity index is 1.94. The van der Waals surface area contributed by atoms with Crippen molar-refractivity contribution in [2.45, 2.75) is 56.6 Å². The van der Waals surface area contributed by atoms with E-state index < -0.39 is 0 Å². The van der Waals surface area contributed by atoms with Crippen LogP contribution in [0, 0.1) is 6.92 Å². The maximum absolute atomic E-state index is 5.85. The summed E-state index contributed by atoms with van der Waals surface area (Å²) in [6.07, 6.45) is 7.39. The van der Waals surface area contributed by atoms with Crippen molar-refractivity contribution in [2.24, 2.45) is 5.73 Å². The molecule has 0 radical (unpaired) electrons. The van der Waals surface area contributed by atoms with E-state index in [1.807, 2.05) is 31.8 Å². The van der Waals surface area contributed by atoms with Crippen LogP contribution in [-0.4, -0.2) is 15.2 Å². The zero-order chi connectivity index (χ0) is 12.3. The lowest BCUT2D eigenvalue weighted by atomic mass is 10.1. The number of rotatable bonds is 4. The van der Waals surface area contributed by atoms with E-state index in [-0.39, 0.29) is 6.04 Å². The van der Waals surface area contributed by atoms with Crippen LogP contribution in [0.1, 0.15) is 55.7 Å². The van der Waals surface area contributed by atoms with Crippen LogP contribution in [0.4, 0.5) is 0 Å². The summed E-state index contributed by atoms with van der Waals surface area (Å²) in [6, 6.07) is 0.0199. The van der Waals surface area contributed by atoms with Crippen LogP contribution in [-0.2, 0) is 5.75 Å². The van der Waals surface area contributed by atoms with E-state index in [9.17, 15) is 0 Å². The van der Waals surface area contributed by atoms with Gasteiger partial charge in [-0.25, -0.2) is 9.97 Å². The molecule has 0 aliphatic heterocycles. The molecule has 0 aromatic carbocycles. The van der Waals surface area contributed by atoms with Crippen LogP contribution in [0.15, 0.2) is 6.20 Å². The van der Waals surface area contributed by atoms with Gasteiger partial charge in [0, 0.05) is 28.7 Å². The first-order chi connectivity index (χ1) is 8.16. The SMILES string of the molecule is Cc1nc(CSC2CCCC2)ncc1[C@@H](C)N. The van der Waals surface area contributed by atoms with E-state index >= 15 is 0 Å². The van der Waals surface area contributed by atoms with E-state index in [2.05, 4.69) is 9.97 Å². The second kappa shape index (κ2) is 5.83. The standard InChI is InChI=1S/C13H21N3S/c1-9(14)12-7-15-13(16-10(12)2)8-17-11-5-3-4-6-11/h7,9,11H,3-6,8,14H2,1-2H3/t9-/m1/s1. The monoisotopic (exact) mass is 251 g/mol. The Hall–Kier alpha value is -0.610. The average molecular weight is 251 g/mol. The number of hydrogen-bond donors (Lipinski definition) is 1. The minimum atomic E-state index is 0.0199. The lowest BCUT2D eigenvalue weighted by Crippen LogP contribution is -2.10. The van der Waals surface area contributed by atoms with Gasteiger partial charge >= 0.3 is 0 Å². The molecule has 3 nitrogen and oxygen atoms in total. The zero-order valence-corrected chi connectivity index (χ0v) is 11.5. The highest BCUT2D eigenvalue weighted by molar-refractivity contribution is 7.99. The topological polar surface area (TPSA) is 51.8 Å². The van der Waals surface area contributed by atoms with Gasteiger partial charge in [-0.15, -0.1) is 0 Å². The van der Waals surface area contributed by atoms with E-state index in [4.69, 9.17) is 5.73 Å². The Morgan fingerprint density at radius 3 is 2.76 bits per heavy atom. The number of nitrogens with zero attached hydrogens (tertiary/aromatic N) is 2. The van der Waals surface area contributed by atoms with Crippen molar-refractivity contribution in [3.8, 4) is 0 Å². The van der Waals surface area contributed by atoms with Crippen molar-refractivity contribution in [1.82, 2.24) is 9.97 Å². The van der Waals surface area contributed by atoms with Crippen molar-refractivity contribution in [3.05, 3.63) is 23.3 Å². The maximum Gasteiger partial charge on any atom is 0.138 e. The van der Waals surface area contributed by atoms with Gasteiger partial charge in [-0.05, 0) is 26.7 Å². The molecule has 1 fully saturated rings. The van der Waals surface area contributed by atoms with Crippen molar-refractivity contribution < 1.29 is 0 Å². The quantitative estimate of drug-likeness (QED) is 0.894. The first-order valence-corrected chi connectivity index (χ1v) is 7.41. The summed E-state index contributed by atoms with van der Waals surface area (Å²) in [7, 11) is 0. The average Bonchev–Trinajstić information content (AvgIpc) is 2.78. The van der Waals surface area contributed by atoms with Gasteiger partial charge in [-0.1, -0.05) is 12.8 Å². The Bertz CT molecular complexity index is 373. The molecular weight excluding hydrogens is 230 g/mol. The summed E-state index contributed by atoms with van der Waals surface area (Å²) in [5.41, 5.74) is 7.93. The molecule has 0 amide bonds. The smallest absolute Gasteiger partial charge is 0.138 e. The highest BCUT2D eigenvalue weighted by Gasteiger charge is 2.16. The molecule has 1 heterocycles. The van der Waals surface area contributed by atoms with Crippen LogP contribution in [0.3, 0.4) is 0 Å². The van der Waals surface area contributed by atoms with Crippen molar-refractivity contribution in [3.63, 3.8) is 0 Å². The lowest BCUT2D eigenvalue weighted by molar-refractivity contribution is 0.780. The number of aromatic nitrogens is 2. The lowest BCUT2D eigenvalue weighted by Gasteiger charge is -2.11. The Morgan fingerprint density at radius 1 is 1.47 bits per heavy atom. The molecule has 1 saturated carbocycles. The van der Waals surface area contributed by atoms with Crippen LogP contribution in [0.5, 0.6) is 0 Å².